The van der Waals surface area contributed by atoms with E-state index in [9.17, 15) is 13.2 Å². The van der Waals surface area contributed by atoms with E-state index >= 15 is 0 Å². The number of anilines is 1. The molecule has 2 aliphatic heterocycles. The summed E-state index contributed by atoms with van der Waals surface area (Å²) in [6, 6.07) is 1.96. The van der Waals surface area contributed by atoms with Gasteiger partial charge in [-0.1, -0.05) is 12.1 Å². The van der Waals surface area contributed by atoms with E-state index < -0.39 is 16.1 Å². The van der Waals surface area contributed by atoms with Crippen molar-refractivity contribution in [3.63, 3.8) is 0 Å². The normalized spacial score (nSPS) is 26.2. The maximum Gasteiger partial charge on any atom is 0.333 e. The third-order valence-electron chi connectivity index (χ3n) is 7.13. The van der Waals surface area contributed by atoms with Gasteiger partial charge in [-0.15, -0.1) is 0 Å². The number of urea groups is 1. The lowest BCUT2D eigenvalue weighted by molar-refractivity contribution is -0.126. The first kappa shape index (κ1) is 20.0. The number of fused-ring (bicyclic) bond motifs is 2. The van der Waals surface area contributed by atoms with E-state index in [2.05, 4.69) is 21.0 Å². The van der Waals surface area contributed by atoms with Gasteiger partial charge in [-0.25, -0.2) is 17.9 Å². The first-order valence-corrected chi connectivity index (χ1v) is 12.4. The Labute approximate surface area is 177 Å². The molecule has 2 fully saturated rings. The molecule has 1 atom stereocenters. The second kappa shape index (κ2) is 7.35. The summed E-state index contributed by atoms with van der Waals surface area (Å²) in [5.74, 6) is 0. The summed E-state index contributed by atoms with van der Waals surface area (Å²) < 4.78 is 32.5. The lowest BCUT2D eigenvalue weighted by atomic mass is 9.84. The second-order valence-corrected chi connectivity index (χ2v) is 10.7. The zero-order chi connectivity index (χ0) is 20.9. The predicted octanol–water partition coefficient (Wildman–Crippen LogP) is 2.49. The van der Waals surface area contributed by atoms with Crippen LogP contribution in [0.15, 0.2) is 17.6 Å². The van der Waals surface area contributed by atoms with Crippen LogP contribution in [0, 0.1) is 0 Å². The number of benzene rings is 1. The highest BCUT2D eigenvalue weighted by molar-refractivity contribution is 7.92. The van der Waals surface area contributed by atoms with Crippen LogP contribution in [0.1, 0.15) is 48.4 Å². The summed E-state index contributed by atoms with van der Waals surface area (Å²) >= 11 is 0. The van der Waals surface area contributed by atoms with Crippen molar-refractivity contribution >= 4 is 21.7 Å². The molecule has 0 radical (unpaired) electrons. The molecule has 0 saturated carbocycles. The quantitative estimate of drug-likeness (QED) is 0.748. The monoisotopic (exact) mass is 431 g/mol. The minimum absolute atomic E-state index is 0.305. The fourth-order valence-electron chi connectivity index (χ4n) is 5.28. The Morgan fingerprint density at radius 2 is 1.83 bits per heavy atom. The van der Waals surface area contributed by atoms with Crippen LogP contribution < -0.4 is 10.0 Å². The van der Waals surface area contributed by atoms with E-state index in [0.717, 1.165) is 62.6 Å². The van der Waals surface area contributed by atoms with Gasteiger partial charge in [-0.05, 0) is 74.1 Å². The molecule has 2 N–H and O–H groups in total. The number of carbonyl (C=O) groups excluding carboxylic acids is 1. The number of nitrogens with zero attached hydrogens (tertiary/aromatic N) is 1. The number of hydrogen-bond donors (Lipinski definition) is 2. The number of ether oxygens (including phenoxy) is 1. The highest BCUT2D eigenvalue weighted by Gasteiger charge is 2.44. The van der Waals surface area contributed by atoms with Crippen LogP contribution in [-0.4, -0.2) is 50.7 Å². The Morgan fingerprint density at radius 3 is 2.37 bits per heavy atom. The van der Waals surface area contributed by atoms with Crippen molar-refractivity contribution in [1.82, 2.24) is 9.62 Å². The maximum atomic E-state index is 12.6. The van der Waals surface area contributed by atoms with Crippen LogP contribution in [0.2, 0.25) is 0 Å². The Hall–Kier alpha value is -1.90. The van der Waals surface area contributed by atoms with Crippen molar-refractivity contribution in [2.24, 2.45) is 0 Å². The van der Waals surface area contributed by atoms with Crippen molar-refractivity contribution in [2.45, 2.75) is 63.5 Å². The van der Waals surface area contributed by atoms with Gasteiger partial charge >= 0.3 is 6.03 Å². The third-order valence-corrected chi connectivity index (χ3v) is 8.09. The van der Waals surface area contributed by atoms with Crippen LogP contribution in [0.3, 0.4) is 0 Å². The van der Waals surface area contributed by atoms with Crippen molar-refractivity contribution in [3.05, 3.63) is 39.8 Å². The summed E-state index contributed by atoms with van der Waals surface area (Å²) in [6.45, 7) is 4.36. The van der Waals surface area contributed by atoms with Gasteiger partial charge < -0.3 is 10.1 Å². The van der Waals surface area contributed by atoms with Crippen LogP contribution in [0.4, 0.5) is 10.5 Å². The molecule has 4 aliphatic rings. The average molecular weight is 432 g/mol. The predicted molar refractivity (Wildman–Crippen MR) is 115 cm³/mol. The van der Waals surface area contributed by atoms with Crippen LogP contribution in [-0.2, 0) is 40.4 Å². The van der Waals surface area contributed by atoms with Gasteiger partial charge in [0.1, 0.15) is 0 Å². The first-order valence-electron chi connectivity index (χ1n) is 10.9. The molecule has 0 spiro atoms. The first-order chi connectivity index (χ1) is 14.3. The van der Waals surface area contributed by atoms with Gasteiger partial charge in [-0.2, -0.15) is 0 Å². The number of nitrogens with one attached hydrogen (secondary N) is 2. The van der Waals surface area contributed by atoms with Crippen molar-refractivity contribution in [1.29, 1.82) is 0 Å². The molecule has 2 heterocycles. The molecule has 2 amide bonds. The summed E-state index contributed by atoms with van der Waals surface area (Å²) in [5, 5.41) is 4.02. The van der Waals surface area contributed by atoms with E-state index in [4.69, 9.17) is 4.74 Å². The molecule has 5 rings (SSSR count). The van der Waals surface area contributed by atoms with E-state index in [1.54, 1.807) is 6.08 Å². The SMILES string of the molecule is CC1(/C=C/S(=O)(=O)NC(=O)Nc2c3c(cc4c2CCC4)CCC3)CCN1C1COC1. The molecule has 0 bridgehead atoms. The van der Waals surface area contributed by atoms with Gasteiger partial charge in [-0.3, -0.25) is 4.90 Å². The Bertz CT molecular complexity index is 983. The fraction of sp³-hybridized carbons (Fsp3) is 0.591. The highest BCUT2D eigenvalue weighted by atomic mass is 32.2. The fourth-order valence-corrected chi connectivity index (χ4v) is 6.13. The summed E-state index contributed by atoms with van der Waals surface area (Å²) in [7, 11) is -3.88. The molecule has 1 aromatic rings. The summed E-state index contributed by atoms with van der Waals surface area (Å²) in [5.41, 5.74) is 5.49. The Kier molecular flexibility index (Phi) is 4.91. The Morgan fingerprint density at radius 1 is 1.17 bits per heavy atom. The van der Waals surface area contributed by atoms with Crippen molar-refractivity contribution in [3.8, 4) is 0 Å². The summed E-state index contributed by atoms with van der Waals surface area (Å²) in [6.07, 6.45) is 8.68. The van der Waals surface area contributed by atoms with Gasteiger partial charge in [0.05, 0.1) is 19.3 Å². The molecule has 8 heteroatoms. The van der Waals surface area contributed by atoms with Crippen molar-refractivity contribution in [2.75, 3.05) is 25.1 Å². The molecule has 1 unspecified atom stereocenters. The minimum atomic E-state index is -3.88. The summed E-state index contributed by atoms with van der Waals surface area (Å²) in [4.78, 5) is 14.9. The standard InChI is InChI=1S/C22H29N3O4S/c1-22(8-10-25(22)17-13-29-14-17)9-11-30(27,28)24-21(26)23-20-18-6-2-4-15(18)12-16-5-3-7-19(16)20/h9,11-12,17H,2-8,10,13-14H2,1H3,(H2,23,24,26)/b11-9+. The second-order valence-electron chi connectivity index (χ2n) is 9.13. The van der Waals surface area contributed by atoms with E-state index in [1.165, 1.54) is 22.3 Å². The van der Waals surface area contributed by atoms with Gasteiger partial charge in [0.2, 0.25) is 0 Å². The highest BCUT2D eigenvalue weighted by Crippen LogP contribution is 2.39. The van der Waals surface area contributed by atoms with Crippen LogP contribution in [0.5, 0.6) is 0 Å². The number of carbonyl (C=O) groups is 1. The molecular formula is C22H29N3O4S. The molecule has 0 aromatic heterocycles. The molecule has 7 nitrogen and oxygen atoms in total. The van der Waals surface area contributed by atoms with Crippen LogP contribution >= 0.6 is 0 Å². The number of hydrogen-bond acceptors (Lipinski definition) is 5. The van der Waals surface area contributed by atoms with E-state index in [1.807, 2.05) is 6.92 Å². The zero-order valence-corrected chi connectivity index (χ0v) is 18.2. The molecule has 1 aromatic carbocycles. The number of likely N-dealkylation sites (tertiary alicyclic amines) is 1. The van der Waals surface area contributed by atoms with E-state index in [0.29, 0.717) is 19.3 Å². The minimum Gasteiger partial charge on any atom is -0.378 e. The maximum absolute atomic E-state index is 12.6. The topological polar surface area (TPSA) is 87.7 Å². The van der Waals surface area contributed by atoms with E-state index in [-0.39, 0.29) is 5.54 Å². The lowest BCUT2D eigenvalue weighted by Crippen LogP contribution is -2.65. The number of sulfonamides is 1. The van der Waals surface area contributed by atoms with Gasteiger partial charge in [0, 0.05) is 23.2 Å². The van der Waals surface area contributed by atoms with Gasteiger partial charge in [0.15, 0.2) is 0 Å². The average Bonchev–Trinajstić information content (AvgIpc) is 3.30. The van der Waals surface area contributed by atoms with Crippen molar-refractivity contribution < 1.29 is 17.9 Å². The number of amides is 2. The lowest BCUT2D eigenvalue weighted by Gasteiger charge is -2.55. The molecule has 30 heavy (non-hydrogen) atoms. The van der Waals surface area contributed by atoms with Crippen LogP contribution in [0.25, 0.3) is 0 Å². The largest absolute Gasteiger partial charge is 0.378 e. The zero-order valence-electron chi connectivity index (χ0n) is 17.4. The molecule has 2 aliphatic carbocycles. The smallest absolute Gasteiger partial charge is 0.333 e. The molecule has 162 valence electrons. The Balaban J connectivity index is 1.28. The molecule has 2 saturated heterocycles. The molecular weight excluding hydrogens is 402 g/mol. The number of rotatable bonds is 5. The number of aryl methyl sites for hydroxylation is 2. The van der Waals surface area contributed by atoms with Gasteiger partial charge in [0.25, 0.3) is 10.0 Å². The third kappa shape index (κ3) is 3.55.